The zero-order chi connectivity index (χ0) is 19.2. The molecule has 1 aliphatic rings. The van der Waals surface area contributed by atoms with Gasteiger partial charge in [0.15, 0.2) is 0 Å². The Morgan fingerprint density at radius 2 is 1.59 bits per heavy atom. The Morgan fingerprint density at radius 1 is 1.00 bits per heavy atom. The minimum atomic E-state index is -0.460. The first-order valence-corrected chi connectivity index (χ1v) is 8.67. The number of benzene rings is 2. The molecule has 0 spiro atoms. The Labute approximate surface area is 157 Å². The number of methoxy groups -OCH3 is 1. The highest BCUT2D eigenvalue weighted by molar-refractivity contribution is 6.21. The summed E-state index contributed by atoms with van der Waals surface area (Å²) in [5, 5.41) is 0. The molecule has 0 N–H and O–H groups in total. The van der Waals surface area contributed by atoms with E-state index in [2.05, 4.69) is 5.73 Å². The van der Waals surface area contributed by atoms with Gasteiger partial charge in [-0.1, -0.05) is 42.5 Å². The number of amides is 2. The first-order chi connectivity index (χ1) is 13.1. The van der Waals surface area contributed by atoms with Crippen molar-refractivity contribution in [2.24, 2.45) is 0 Å². The molecule has 0 saturated heterocycles. The third-order valence-corrected chi connectivity index (χ3v) is 4.31. The van der Waals surface area contributed by atoms with Gasteiger partial charge in [-0.05, 0) is 36.6 Å². The van der Waals surface area contributed by atoms with E-state index in [-0.39, 0.29) is 11.8 Å². The van der Waals surface area contributed by atoms with E-state index >= 15 is 0 Å². The Kier molecular flexibility index (Phi) is 5.64. The van der Waals surface area contributed by atoms with E-state index in [9.17, 15) is 14.4 Å². The van der Waals surface area contributed by atoms with E-state index in [4.69, 9.17) is 4.74 Å². The molecule has 2 aromatic carbocycles. The molecule has 3 rings (SSSR count). The van der Waals surface area contributed by atoms with Crippen LogP contribution in [0.4, 0.5) is 0 Å². The van der Waals surface area contributed by atoms with Crippen LogP contribution < -0.4 is 0 Å². The third kappa shape index (κ3) is 3.89. The normalized spacial score (nSPS) is 12.4. The monoisotopic (exact) mass is 361 g/mol. The number of carbonyl (C=O) groups is 3. The van der Waals surface area contributed by atoms with Crippen LogP contribution in [0.15, 0.2) is 66.4 Å². The summed E-state index contributed by atoms with van der Waals surface area (Å²) in [5.41, 5.74) is 4.96. The predicted octanol–water partition coefficient (Wildman–Crippen LogP) is 3.47. The lowest BCUT2D eigenvalue weighted by Crippen LogP contribution is -2.30. The first-order valence-electron chi connectivity index (χ1n) is 8.67. The fourth-order valence-electron chi connectivity index (χ4n) is 2.93. The molecule has 0 aromatic heterocycles. The molecular weight excluding hydrogens is 342 g/mol. The van der Waals surface area contributed by atoms with Gasteiger partial charge in [0.25, 0.3) is 11.8 Å². The van der Waals surface area contributed by atoms with Crippen molar-refractivity contribution < 1.29 is 19.1 Å². The quantitative estimate of drug-likeness (QED) is 0.260. The second kappa shape index (κ2) is 8.30. The van der Waals surface area contributed by atoms with Crippen LogP contribution in [0, 0.1) is 0 Å². The van der Waals surface area contributed by atoms with Crippen LogP contribution in [0.2, 0.25) is 0 Å². The summed E-state index contributed by atoms with van der Waals surface area (Å²) >= 11 is 0. The molecule has 0 aliphatic carbocycles. The van der Waals surface area contributed by atoms with E-state index in [1.54, 1.807) is 30.3 Å². The van der Waals surface area contributed by atoms with Gasteiger partial charge >= 0.3 is 5.97 Å². The van der Waals surface area contributed by atoms with Crippen molar-refractivity contribution in [2.75, 3.05) is 13.7 Å². The van der Waals surface area contributed by atoms with E-state index in [0.717, 1.165) is 5.56 Å². The topological polar surface area (TPSA) is 63.7 Å². The molecule has 0 unspecified atom stereocenters. The number of hydrogen-bond acceptors (Lipinski definition) is 4. The maximum atomic E-state index is 12.3. The Bertz CT molecular complexity index is 905. The molecule has 1 heterocycles. The number of nitrogens with zero attached hydrogens (tertiary/aromatic N) is 1. The maximum Gasteiger partial charge on any atom is 0.346 e. The molecule has 2 amide bonds. The smallest absolute Gasteiger partial charge is 0.346 e. The number of imide groups is 1. The Balaban J connectivity index is 1.65. The van der Waals surface area contributed by atoms with Crippen LogP contribution >= 0.6 is 0 Å². The van der Waals surface area contributed by atoms with Gasteiger partial charge in [-0.3, -0.25) is 14.5 Å². The second-order valence-electron chi connectivity index (χ2n) is 6.03. The minimum Gasteiger partial charge on any atom is -0.465 e. The fourth-order valence-corrected chi connectivity index (χ4v) is 2.93. The second-order valence-corrected chi connectivity index (χ2v) is 6.03. The molecule has 0 atom stereocenters. The van der Waals surface area contributed by atoms with Crippen molar-refractivity contribution in [2.45, 2.75) is 12.8 Å². The molecular formula is C22H19NO4. The number of esters is 1. The average Bonchev–Trinajstić information content (AvgIpc) is 2.95. The van der Waals surface area contributed by atoms with Gasteiger partial charge in [0.05, 0.1) is 18.2 Å². The van der Waals surface area contributed by atoms with E-state index < -0.39 is 5.97 Å². The van der Waals surface area contributed by atoms with Crippen molar-refractivity contribution in [3.05, 3.63) is 83.1 Å². The summed E-state index contributed by atoms with van der Waals surface area (Å²) in [6, 6.07) is 16.0. The SMILES string of the molecule is COC(=O)C(=C=CCCCN1C(=O)c2ccccc2C1=O)c1ccccc1. The highest BCUT2D eigenvalue weighted by atomic mass is 16.5. The molecule has 5 heteroatoms. The molecule has 0 radical (unpaired) electrons. The number of fused-ring (bicyclic) bond motifs is 1. The number of carbonyl (C=O) groups excluding carboxylic acids is 3. The Morgan fingerprint density at radius 3 is 2.19 bits per heavy atom. The number of unbranched alkanes of at least 4 members (excludes halogenated alkanes) is 1. The highest BCUT2D eigenvalue weighted by Crippen LogP contribution is 2.22. The zero-order valence-electron chi connectivity index (χ0n) is 15.0. The van der Waals surface area contributed by atoms with Crippen molar-refractivity contribution in [1.29, 1.82) is 0 Å². The standard InChI is InChI=1S/C22H19NO4/c1-27-22(26)17(16-10-4-2-5-11-16)12-6-3-9-15-23-20(24)18-13-7-8-14-19(18)21(23)25/h2,4-8,10-11,13-14H,3,9,15H2,1H3. The lowest BCUT2D eigenvalue weighted by atomic mass is 10.1. The summed E-state index contributed by atoms with van der Waals surface area (Å²) in [6.45, 7) is 0.323. The minimum absolute atomic E-state index is 0.255. The van der Waals surface area contributed by atoms with Crippen LogP contribution in [-0.2, 0) is 9.53 Å². The molecule has 0 saturated carbocycles. The molecule has 2 aromatic rings. The lowest BCUT2D eigenvalue weighted by Gasteiger charge is -2.12. The summed E-state index contributed by atoms with van der Waals surface area (Å²) < 4.78 is 4.81. The lowest BCUT2D eigenvalue weighted by molar-refractivity contribution is -0.133. The third-order valence-electron chi connectivity index (χ3n) is 4.31. The highest BCUT2D eigenvalue weighted by Gasteiger charge is 2.34. The molecule has 1 aliphatic heterocycles. The van der Waals surface area contributed by atoms with Gasteiger partial charge in [0.2, 0.25) is 0 Å². The number of ether oxygens (including phenoxy) is 1. The first kappa shape index (κ1) is 18.4. The maximum absolute atomic E-state index is 12.3. The van der Waals surface area contributed by atoms with Crippen LogP contribution in [0.5, 0.6) is 0 Å². The molecule has 0 fully saturated rings. The average molecular weight is 361 g/mol. The van der Waals surface area contributed by atoms with E-state index in [0.29, 0.717) is 36.1 Å². The van der Waals surface area contributed by atoms with E-state index in [1.165, 1.54) is 12.0 Å². The van der Waals surface area contributed by atoms with Crippen LogP contribution in [-0.4, -0.2) is 36.3 Å². The van der Waals surface area contributed by atoms with Gasteiger partial charge in [-0.25, -0.2) is 4.79 Å². The number of rotatable bonds is 6. The van der Waals surface area contributed by atoms with Crippen molar-refractivity contribution in [3.63, 3.8) is 0 Å². The van der Waals surface area contributed by atoms with Gasteiger partial charge in [0, 0.05) is 6.54 Å². The van der Waals surface area contributed by atoms with Crippen LogP contribution in [0.1, 0.15) is 39.1 Å². The van der Waals surface area contributed by atoms with Crippen LogP contribution in [0.3, 0.4) is 0 Å². The number of hydrogen-bond donors (Lipinski definition) is 0. The van der Waals surface area contributed by atoms with Crippen molar-refractivity contribution in [1.82, 2.24) is 4.90 Å². The van der Waals surface area contributed by atoms with Crippen LogP contribution in [0.25, 0.3) is 5.57 Å². The van der Waals surface area contributed by atoms with Gasteiger partial charge in [-0.2, -0.15) is 0 Å². The summed E-state index contributed by atoms with van der Waals surface area (Å²) in [6.07, 6.45) is 2.89. The van der Waals surface area contributed by atoms with E-state index in [1.807, 2.05) is 30.3 Å². The summed E-state index contributed by atoms with van der Waals surface area (Å²) in [4.78, 5) is 37.8. The molecule has 0 bridgehead atoms. The Hall–Kier alpha value is -3.43. The summed E-state index contributed by atoms with van der Waals surface area (Å²) in [5.74, 6) is -0.970. The predicted molar refractivity (Wildman–Crippen MR) is 101 cm³/mol. The zero-order valence-corrected chi connectivity index (χ0v) is 15.0. The summed E-state index contributed by atoms with van der Waals surface area (Å²) in [7, 11) is 1.33. The fraction of sp³-hybridized carbons (Fsp3) is 0.182. The largest absolute Gasteiger partial charge is 0.465 e. The molecule has 5 nitrogen and oxygen atoms in total. The van der Waals surface area contributed by atoms with Crippen molar-refractivity contribution >= 4 is 23.4 Å². The molecule has 136 valence electrons. The van der Waals surface area contributed by atoms with Gasteiger partial charge in [0.1, 0.15) is 5.57 Å². The van der Waals surface area contributed by atoms with Gasteiger partial charge in [-0.15, -0.1) is 5.73 Å². The van der Waals surface area contributed by atoms with Gasteiger partial charge < -0.3 is 4.74 Å². The molecule has 27 heavy (non-hydrogen) atoms. The van der Waals surface area contributed by atoms with Crippen molar-refractivity contribution in [3.8, 4) is 0 Å².